The lowest BCUT2D eigenvalue weighted by molar-refractivity contribution is -0.148. The first kappa shape index (κ1) is 17.5. The van der Waals surface area contributed by atoms with Crippen molar-refractivity contribution < 1.29 is 19.4 Å². The Bertz CT molecular complexity index is 450. The second kappa shape index (κ2) is 8.64. The van der Waals surface area contributed by atoms with Crippen LogP contribution in [-0.4, -0.2) is 43.5 Å². The van der Waals surface area contributed by atoms with E-state index in [4.69, 9.17) is 14.6 Å². The minimum absolute atomic E-state index is 0.0810. The number of carbonyl (C=O) groups is 1. The minimum atomic E-state index is -0.755. The maximum Gasteiger partial charge on any atom is 0.325 e. The number of methoxy groups -OCH3 is 1. The van der Waals surface area contributed by atoms with Crippen LogP contribution in [0.15, 0.2) is 24.3 Å². The van der Waals surface area contributed by atoms with Crippen LogP contribution in [0.25, 0.3) is 0 Å². The minimum Gasteiger partial charge on any atom is -0.493 e. The average Bonchev–Trinajstić information content (AvgIpc) is 2.48. The van der Waals surface area contributed by atoms with Gasteiger partial charge in [-0.15, -0.1) is 0 Å². The molecule has 0 aliphatic rings. The SMILES string of the molecule is CCNC(C)(CCOc1ccccc1CCO)C(=O)OC. The molecule has 0 radical (unpaired) electrons. The molecule has 0 bridgehead atoms. The molecule has 1 rings (SSSR count). The summed E-state index contributed by atoms with van der Waals surface area (Å²) in [5.74, 6) is 0.451. The molecule has 1 atom stereocenters. The molecule has 118 valence electrons. The molecule has 1 unspecified atom stereocenters. The van der Waals surface area contributed by atoms with Crippen molar-refractivity contribution in [2.75, 3.05) is 26.9 Å². The standard InChI is InChI=1S/C16H25NO4/c1-4-17-16(2,15(19)20-3)10-12-21-14-8-6-5-7-13(14)9-11-18/h5-8,17-18H,4,9-12H2,1-3H3. The predicted octanol–water partition coefficient (Wildman–Crippen LogP) is 1.53. The van der Waals surface area contributed by atoms with Crippen LogP contribution in [0.4, 0.5) is 0 Å². The maximum atomic E-state index is 11.9. The summed E-state index contributed by atoms with van der Waals surface area (Å²) in [5, 5.41) is 12.2. The first-order chi connectivity index (χ1) is 10.1. The van der Waals surface area contributed by atoms with Crippen molar-refractivity contribution in [3.8, 4) is 5.75 Å². The molecule has 0 fully saturated rings. The van der Waals surface area contributed by atoms with Crippen LogP contribution in [0.5, 0.6) is 5.75 Å². The van der Waals surface area contributed by atoms with Crippen LogP contribution in [0, 0.1) is 0 Å². The van der Waals surface area contributed by atoms with Crippen LogP contribution in [-0.2, 0) is 16.0 Å². The molecule has 0 aromatic heterocycles. The Kier molecular flexibility index (Phi) is 7.19. The van der Waals surface area contributed by atoms with Gasteiger partial charge in [-0.3, -0.25) is 4.79 Å². The first-order valence-electron chi connectivity index (χ1n) is 7.22. The third-order valence-corrected chi connectivity index (χ3v) is 3.42. The zero-order chi connectivity index (χ0) is 15.7. The van der Waals surface area contributed by atoms with Gasteiger partial charge >= 0.3 is 5.97 Å². The maximum absolute atomic E-state index is 11.9. The summed E-state index contributed by atoms with van der Waals surface area (Å²) in [5.41, 5.74) is 0.207. The first-order valence-corrected chi connectivity index (χ1v) is 7.22. The molecular formula is C16H25NO4. The fraction of sp³-hybridized carbons (Fsp3) is 0.562. The Morgan fingerprint density at radius 3 is 2.71 bits per heavy atom. The van der Waals surface area contributed by atoms with E-state index in [-0.39, 0.29) is 12.6 Å². The molecule has 2 N–H and O–H groups in total. The Balaban J connectivity index is 2.64. The van der Waals surface area contributed by atoms with Crippen molar-refractivity contribution in [3.63, 3.8) is 0 Å². The molecule has 0 saturated heterocycles. The zero-order valence-electron chi connectivity index (χ0n) is 13.0. The normalized spacial score (nSPS) is 13.5. The lowest BCUT2D eigenvalue weighted by Gasteiger charge is -2.27. The molecule has 0 aliphatic heterocycles. The fourth-order valence-corrected chi connectivity index (χ4v) is 2.21. The number of nitrogens with one attached hydrogen (secondary N) is 1. The van der Waals surface area contributed by atoms with Crippen molar-refractivity contribution in [1.29, 1.82) is 0 Å². The van der Waals surface area contributed by atoms with Gasteiger partial charge in [0.1, 0.15) is 11.3 Å². The highest BCUT2D eigenvalue weighted by atomic mass is 16.5. The summed E-state index contributed by atoms with van der Waals surface area (Å²) in [7, 11) is 1.38. The van der Waals surface area contributed by atoms with Crippen molar-refractivity contribution >= 4 is 5.97 Å². The molecular weight excluding hydrogens is 270 g/mol. The molecule has 0 heterocycles. The highest BCUT2D eigenvalue weighted by molar-refractivity contribution is 5.80. The Morgan fingerprint density at radius 2 is 2.10 bits per heavy atom. The number of para-hydroxylation sites is 1. The summed E-state index contributed by atoms with van der Waals surface area (Å²) in [4.78, 5) is 11.9. The van der Waals surface area contributed by atoms with Crippen molar-refractivity contribution in [2.24, 2.45) is 0 Å². The number of rotatable bonds is 9. The van der Waals surface area contributed by atoms with Crippen molar-refractivity contribution in [1.82, 2.24) is 5.32 Å². The highest BCUT2D eigenvalue weighted by Crippen LogP contribution is 2.20. The number of hydrogen-bond acceptors (Lipinski definition) is 5. The van der Waals surface area contributed by atoms with E-state index in [0.29, 0.717) is 26.0 Å². The van der Waals surface area contributed by atoms with Crippen LogP contribution < -0.4 is 10.1 Å². The fourth-order valence-electron chi connectivity index (χ4n) is 2.21. The number of esters is 1. The van der Waals surface area contributed by atoms with Gasteiger partial charge in [0.15, 0.2) is 0 Å². The number of likely N-dealkylation sites (N-methyl/N-ethyl adjacent to an activating group) is 1. The third kappa shape index (κ3) is 5.02. The average molecular weight is 295 g/mol. The van der Waals surface area contributed by atoms with Gasteiger partial charge < -0.3 is 19.9 Å². The molecule has 1 aromatic rings. The molecule has 0 spiro atoms. The quantitative estimate of drug-likeness (QED) is 0.676. The zero-order valence-corrected chi connectivity index (χ0v) is 13.0. The van der Waals surface area contributed by atoms with E-state index in [1.807, 2.05) is 38.1 Å². The van der Waals surface area contributed by atoms with Gasteiger partial charge in [0, 0.05) is 13.0 Å². The van der Waals surface area contributed by atoms with Crippen molar-refractivity contribution in [3.05, 3.63) is 29.8 Å². The number of hydrogen-bond donors (Lipinski definition) is 2. The van der Waals surface area contributed by atoms with E-state index in [2.05, 4.69) is 5.32 Å². The van der Waals surface area contributed by atoms with Gasteiger partial charge in [-0.1, -0.05) is 25.1 Å². The van der Waals surface area contributed by atoms with Crippen LogP contribution in [0.2, 0.25) is 0 Å². The van der Waals surface area contributed by atoms with Crippen LogP contribution in [0.1, 0.15) is 25.8 Å². The number of aliphatic hydroxyl groups excluding tert-OH is 1. The van der Waals surface area contributed by atoms with Gasteiger partial charge in [-0.25, -0.2) is 0 Å². The van der Waals surface area contributed by atoms with E-state index >= 15 is 0 Å². The Morgan fingerprint density at radius 1 is 1.38 bits per heavy atom. The molecule has 0 saturated carbocycles. The summed E-state index contributed by atoms with van der Waals surface area (Å²) in [6.07, 6.45) is 1.05. The predicted molar refractivity (Wildman–Crippen MR) is 81.4 cm³/mol. The van der Waals surface area contributed by atoms with E-state index in [0.717, 1.165) is 11.3 Å². The molecule has 21 heavy (non-hydrogen) atoms. The molecule has 0 aliphatic carbocycles. The lowest BCUT2D eigenvalue weighted by Crippen LogP contribution is -2.51. The van der Waals surface area contributed by atoms with E-state index in [9.17, 15) is 4.79 Å². The van der Waals surface area contributed by atoms with Gasteiger partial charge in [0.05, 0.1) is 13.7 Å². The van der Waals surface area contributed by atoms with Gasteiger partial charge in [-0.05, 0) is 31.5 Å². The number of aliphatic hydroxyl groups is 1. The van der Waals surface area contributed by atoms with Gasteiger partial charge in [0.25, 0.3) is 0 Å². The monoisotopic (exact) mass is 295 g/mol. The second-order valence-electron chi connectivity index (χ2n) is 5.03. The van der Waals surface area contributed by atoms with E-state index < -0.39 is 5.54 Å². The summed E-state index contributed by atoms with van der Waals surface area (Å²) >= 11 is 0. The van der Waals surface area contributed by atoms with E-state index in [1.165, 1.54) is 7.11 Å². The largest absolute Gasteiger partial charge is 0.493 e. The summed E-state index contributed by atoms with van der Waals surface area (Å²) < 4.78 is 10.6. The van der Waals surface area contributed by atoms with Gasteiger partial charge in [0.2, 0.25) is 0 Å². The topological polar surface area (TPSA) is 67.8 Å². The Labute approximate surface area is 126 Å². The van der Waals surface area contributed by atoms with Crippen LogP contribution >= 0.6 is 0 Å². The van der Waals surface area contributed by atoms with Crippen LogP contribution in [0.3, 0.4) is 0 Å². The highest BCUT2D eigenvalue weighted by Gasteiger charge is 2.33. The summed E-state index contributed by atoms with van der Waals surface area (Å²) in [6, 6.07) is 7.60. The molecule has 1 aromatic carbocycles. The Hall–Kier alpha value is -1.59. The number of ether oxygens (including phenoxy) is 2. The number of carbonyl (C=O) groups excluding carboxylic acids is 1. The summed E-state index contributed by atoms with van der Waals surface area (Å²) in [6.45, 7) is 4.90. The third-order valence-electron chi connectivity index (χ3n) is 3.42. The molecule has 5 nitrogen and oxygen atoms in total. The van der Waals surface area contributed by atoms with Gasteiger partial charge in [-0.2, -0.15) is 0 Å². The van der Waals surface area contributed by atoms with Crippen molar-refractivity contribution in [2.45, 2.75) is 32.2 Å². The van der Waals surface area contributed by atoms with E-state index in [1.54, 1.807) is 0 Å². The second-order valence-corrected chi connectivity index (χ2v) is 5.03. The smallest absolute Gasteiger partial charge is 0.325 e. The molecule has 0 amide bonds. The molecule has 5 heteroatoms. The lowest BCUT2D eigenvalue weighted by atomic mass is 9.98. The number of benzene rings is 1.